The van der Waals surface area contributed by atoms with Crippen LogP contribution >= 0.6 is 0 Å². The number of hydrogen-bond acceptors (Lipinski definition) is 5. The number of anilines is 1. The molecule has 1 saturated heterocycles. The lowest BCUT2D eigenvalue weighted by atomic mass is 9.92. The van der Waals surface area contributed by atoms with Crippen LogP contribution in [0.25, 0.3) is 16.8 Å². The highest BCUT2D eigenvalue weighted by Gasteiger charge is 2.45. The molecular formula is C26H27F6N5O2. The fraction of sp³-hybridized carbons (Fsp3) is 0.500. The van der Waals surface area contributed by atoms with E-state index in [1.54, 1.807) is 25.7 Å². The smallest absolute Gasteiger partial charge is 0.433 e. The van der Waals surface area contributed by atoms with E-state index >= 15 is 0 Å². The third-order valence-electron chi connectivity index (χ3n) is 7.06. The van der Waals surface area contributed by atoms with Gasteiger partial charge in [0.25, 0.3) is 0 Å². The molecule has 1 aliphatic carbocycles. The fourth-order valence-electron chi connectivity index (χ4n) is 5.41. The Hall–Kier alpha value is -3.51. The summed E-state index contributed by atoms with van der Waals surface area (Å²) in [7, 11) is 0. The van der Waals surface area contributed by atoms with Gasteiger partial charge in [-0.1, -0.05) is 12.1 Å². The van der Waals surface area contributed by atoms with Crippen molar-refractivity contribution >= 4 is 17.7 Å². The van der Waals surface area contributed by atoms with E-state index in [9.17, 15) is 31.1 Å². The Morgan fingerprint density at radius 2 is 1.64 bits per heavy atom. The standard InChI is InChI=1S/C26H27F6N5O2/c1-24(2,3)39-23(38)36-12-15-7-8-16(13-36)20(15)33-22-34-21-18(9-10-19(26(30,31)32)37(21)35-22)14-5-4-6-17(11-14)25(27,28)29/h4-6,9-11,15-16,20H,7-8,12-13H2,1-3H3,(H,33,35). The molecule has 210 valence electrons. The summed E-state index contributed by atoms with van der Waals surface area (Å²) in [5.41, 5.74) is -2.74. The number of aromatic nitrogens is 3. The fourth-order valence-corrected chi connectivity index (χ4v) is 5.41. The van der Waals surface area contributed by atoms with Crippen molar-refractivity contribution in [3.8, 4) is 11.1 Å². The first-order chi connectivity index (χ1) is 18.1. The zero-order valence-electron chi connectivity index (χ0n) is 21.4. The van der Waals surface area contributed by atoms with Gasteiger partial charge in [-0.3, -0.25) is 0 Å². The minimum Gasteiger partial charge on any atom is -0.444 e. The number of ether oxygens (including phenoxy) is 1. The van der Waals surface area contributed by atoms with E-state index in [2.05, 4.69) is 15.4 Å². The summed E-state index contributed by atoms with van der Waals surface area (Å²) in [6, 6.07) is 6.04. The summed E-state index contributed by atoms with van der Waals surface area (Å²) >= 11 is 0. The van der Waals surface area contributed by atoms with E-state index in [0.29, 0.717) is 17.6 Å². The maximum atomic E-state index is 13.8. The number of halogens is 6. The number of piperidine rings is 1. The largest absolute Gasteiger partial charge is 0.444 e. The van der Waals surface area contributed by atoms with Gasteiger partial charge >= 0.3 is 18.4 Å². The van der Waals surface area contributed by atoms with E-state index in [1.165, 1.54) is 12.1 Å². The summed E-state index contributed by atoms with van der Waals surface area (Å²) in [6.07, 6.45) is -8.19. The maximum Gasteiger partial charge on any atom is 0.433 e. The minimum atomic E-state index is -4.77. The number of likely N-dealkylation sites (tertiary alicyclic amines) is 1. The second-order valence-electron chi connectivity index (χ2n) is 11.0. The molecule has 1 aromatic carbocycles. The monoisotopic (exact) mass is 555 g/mol. The van der Waals surface area contributed by atoms with Gasteiger partial charge in [0.2, 0.25) is 5.95 Å². The molecular weight excluding hydrogens is 528 g/mol. The van der Waals surface area contributed by atoms with Gasteiger partial charge in [0.1, 0.15) is 11.3 Å². The van der Waals surface area contributed by atoms with Crippen LogP contribution < -0.4 is 5.32 Å². The van der Waals surface area contributed by atoms with E-state index in [-0.39, 0.29) is 40.6 Å². The molecule has 7 nitrogen and oxygen atoms in total. The molecule has 2 unspecified atom stereocenters. The molecule has 2 aliphatic rings. The van der Waals surface area contributed by atoms with Gasteiger partial charge in [-0.15, -0.1) is 5.10 Å². The van der Waals surface area contributed by atoms with Gasteiger partial charge in [-0.2, -0.15) is 31.3 Å². The van der Waals surface area contributed by atoms with Crippen molar-refractivity contribution in [3.63, 3.8) is 0 Å². The third-order valence-corrected chi connectivity index (χ3v) is 7.06. The lowest BCUT2D eigenvalue weighted by Crippen LogP contribution is -2.51. The van der Waals surface area contributed by atoms with Crippen LogP contribution in [0, 0.1) is 11.8 Å². The second kappa shape index (κ2) is 9.30. The number of carbonyl (C=O) groups is 1. The third kappa shape index (κ3) is 5.48. The summed E-state index contributed by atoms with van der Waals surface area (Å²) in [5, 5.41) is 7.24. The van der Waals surface area contributed by atoms with Crippen LogP contribution in [0.5, 0.6) is 0 Å². The predicted octanol–water partition coefficient (Wildman–Crippen LogP) is 6.49. The quantitative estimate of drug-likeness (QED) is 0.374. The number of pyridine rings is 1. The lowest BCUT2D eigenvalue weighted by Gasteiger charge is -2.38. The van der Waals surface area contributed by atoms with Crippen LogP contribution in [-0.4, -0.2) is 50.3 Å². The summed E-state index contributed by atoms with van der Waals surface area (Å²) in [5.74, 6) is -0.0478. The van der Waals surface area contributed by atoms with Gasteiger partial charge in [0.15, 0.2) is 5.65 Å². The van der Waals surface area contributed by atoms with Crippen LogP contribution in [0.4, 0.5) is 37.1 Å². The van der Waals surface area contributed by atoms with Crippen LogP contribution in [0.1, 0.15) is 44.9 Å². The van der Waals surface area contributed by atoms with Crippen LogP contribution in [0.2, 0.25) is 0 Å². The highest BCUT2D eigenvalue weighted by atomic mass is 19.4. The van der Waals surface area contributed by atoms with Crippen molar-refractivity contribution < 1.29 is 35.9 Å². The van der Waals surface area contributed by atoms with E-state index in [4.69, 9.17) is 4.74 Å². The molecule has 3 heterocycles. The Morgan fingerprint density at radius 1 is 0.974 bits per heavy atom. The first-order valence-electron chi connectivity index (χ1n) is 12.5. The Labute approximate surface area is 220 Å². The van der Waals surface area contributed by atoms with Crippen molar-refractivity contribution in [2.45, 2.75) is 57.6 Å². The highest BCUT2D eigenvalue weighted by molar-refractivity contribution is 5.79. The van der Waals surface area contributed by atoms with Gasteiger partial charge in [-0.05, 0) is 75.3 Å². The Kier molecular flexibility index (Phi) is 6.46. The van der Waals surface area contributed by atoms with E-state index in [0.717, 1.165) is 37.1 Å². The number of amides is 1. The highest BCUT2D eigenvalue weighted by Crippen LogP contribution is 2.40. The van der Waals surface area contributed by atoms with Crippen molar-refractivity contribution in [1.82, 2.24) is 19.5 Å². The summed E-state index contributed by atoms with van der Waals surface area (Å²) in [6.45, 7) is 6.18. The molecule has 2 fully saturated rings. The number of carbonyl (C=O) groups excluding carboxylic acids is 1. The number of nitrogens with zero attached hydrogens (tertiary/aromatic N) is 4. The van der Waals surface area contributed by atoms with Crippen molar-refractivity contribution in [3.05, 3.63) is 47.7 Å². The number of benzene rings is 1. The van der Waals surface area contributed by atoms with Gasteiger partial charge < -0.3 is 15.0 Å². The number of hydrogen-bond donors (Lipinski definition) is 1. The number of fused-ring (bicyclic) bond motifs is 3. The normalized spacial score (nSPS) is 21.9. The Morgan fingerprint density at radius 3 is 2.23 bits per heavy atom. The molecule has 1 N–H and O–H groups in total. The van der Waals surface area contributed by atoms with Crippen molar-refractivity contribution in [1.29, 1.82) is 0 Å². The first-order valence-corrected chi connectivity index (χ1v) is 12.5. The summed E-state index contributed by atoms with van der Waals surface area (Å²) in [4.78, 5) is 18.5. The predicted molar refractivity (Wildman–Crippen MR) is 130 cm³/mol. The molecule has 0 spiro atoms. The minimum absolute atomic E-state index is 0.00732. The SMILES string of the molecule is CC(C)(C)OC(=O)N1CC2CCC(C1)C2Nc1nc2c(-c3cccc(C(F)(F)F)c3)ccc(C(F)(F)F)n2n1. The zero-order chi connectivity index (χ0) is 28.3. The Balaban J connectivity index is 1.46. The molecule has 3 aromatic rings. The second-order valence-corrected chi connectivity index (χ2v) is 11.0. The molecule has 39 heavy (non-hydrogen) atoms. The number of nitrogens with one attached hydrogen (secondary N) is 1. The topological polar surface area (TPSA) is 71.8 Å². The Bertz CT molecular complexity index is 1380. The number of rotatable bonds is 3. The van der Waals surface area contributed by atoms with Crippen molar-refractivity contribution in [2.24, 2.45) is 11.8 Å². The molecule has 1 saturated carbocycles. The van der Waals surface area contributed by atoms with Crippen LogP contribution in [0.3, 0.4) is 0 Å². The van der Waals surface area contributed by atoms with Gasteiger partial charge in [-0.25, -0.2) is 9.31 Å². The molecule has 1 aliphatic heterocycles. The lowest BCUT2D eigenvalue weighted by molar-refractivity contribution is -0.142. The van der Waals surface area contributed by atoms with Gasteiger partial charge in [0, 0.05) is 24.7 Å². The number of alkyl halides is 6. The molecule has 1 amide bonds. The van der Waals surface area contributed by atoms with Gasteiger partial charge in [0.05, 0.1) is 5.56 Å². The maximum absolute atomic E-state index is 13.8. The summed E-state index contributed by atoms with van der Waals surface area (Å²) < 4.78 is 87.4. The first kappa shape index (κ1) is 27.1. The van der Waals surface area contributed by atoms with Crippen LogP contribution in [0.15, 0.2) is 36.4 Å². The van der Waals surface area contributed by atoms with Crippen LogP contribution in [-0.2, 0) is 17.1 Å². The molecule has 2 bridgehead atoms. The molecule has 13 heteroatoms. The molecule has 2 aromatic heterocycles. The van der Waals surface area contributed by atoms with E-state index in [1.807, 2.05) is 0 Å². The zero-order valence-corrected chi connectivity index (χ0v) is 21.4. The molecule has 2 atom stereocenters. The molecule has 0 radical (unpaired) electrons. The molecule has 5 rings (SSSR count). The average molecular weight is 556 g/mol. The van der Waals surface area contributed by atoms with E-state index < -0.39 is 35.3 Å². The van der Waals surface area contributed by atoms with Crippen molar-refractivity contribution in [2.75, 3.05) is 18.4 Å². The average Bonchev–Trinajstić information content (AvgIpc) is 3.32.